The van der Waals surface area contributed by atoms with Crippen LogP contribution in [0.2, 0.25) is 0 Å². The van der Waals surface area contributed by atoms with Crippen LogP contribution in [0.1, 0.15) is 44.1 Å². The van der Waals surface area contributed by atoms with Gasteiger partial charge in [0.05, 0.1) is 5.41 Å². The SMILES string of the molecule is CCC1(C(=O)N2CCC(c3ccccc3)C2)CCNCC1. The van der Waals surface area contributed by atoms with Crippen LogP contribution >= 0.6 is 0 Å². The second-order valence-electron chi connectivity index (χ2n) is 6.53. The molecule has 2 saturated heterocycles. The summed E-state index contributed by atoms with van der Waals surface area (Å²) in [6, 6.07) is 10.6. The molecule has 0 aliphatic carbocycles. The normalized spacial score (nSPS) is 25.0. The first-order chi connectivity index (χ1) is 10.2. The number of benzene rings is 1. The molecule has 3 rings (SSSR count). The van der Waals surface area contributed by atoms with Gasteiger partial charge in [0.1, 0.15) is 0 Å². The first-order valence-corrected chi connectivity index (χ1v) is 8.30. The van der Waals surface area contributed by atoms with Crippen LogP contribution < -0.4 is 5.32 Å². The molecule has 1 aromatic rings. The zero-order valence-corrected chi connectivity index (χ0v) is 13.0. The fourth-order valence-corrected chi connectivity index (χ4v) is 3.90. The van der Waals surface area contributed by atoms with Crippen molar-refractivity contribution in [2.24, 2.45) is 5.41 Å². The third-order valence-corrected chi connectivity index (χ3v) is 5.44. The molecule has 3 nitrogen and oxygen atoms in total. The Morgan fingerprint density at radius 1 is 1.29 bits per heavy atom. The summed E-state index contributed by atoms with van der Waals surface area (Å²) in [4.78, 5) is 15.2. The minimum absolute atomic E-state index is 0.100. The van der Waals surface area contributed by atoms with Crippen molar-refractivity contribution in [1.82, 2.24) is 10.2 Å². The van der Waals surface area contributed by atoms with E-state index in [2.05, 4.69) is 47.5 Å². The monoisotopic (exact) mass is 286 g/mol. The van der Waals surface area contributed by atoms with Crippen molar-refractivity contribution >= 4 is 5.91 Å². The van der Waals surface area contributed by atoms with Gasteiger partial charge in [0.25, 0.3) is 0 Å². The van der Waals surface area contributed by atoms with Crippen LogP contribution in [0.15, 0.2) is 30.3 Å². The maximum atomic E-state index is 13.0. The predicted octanol–water partition coefficient (Wildman–Crippen LogP) is 2.78. The number of carbonyl (C=O) groups is 1. The number of piperidine rings is 1. The van der Waals surface area contributed by atoms with Gasteiger partial charge in [-0.2, -0.15) is 0 Å². The lowest BCUT2D eigenvalue weighted by Crippen LogP contribution is -2.48. The molecule has 1 unspecified atom stereocenters. The van der Waals surface area contributed by atoms with Crippen LogP contribution in [0.4, 0.5) is 0 Å². The lowest BCUT2D eigenvalue weighted by atomic mass is 9.75. The van der Waals surface area contributed by atoms with Crippen molar-refractivity contribution in [3.63, 3.8) is 0 Å². The smallest absolute Gasteiger partial charge is 0.228 e. The molecular formula is C18H26N2O. The van der Waals surface area contributed by atoms with Crippen molar-refractivity contribution < 1.29 is 4.79 Å². The zero-order chi connectivity index (χ0) is 14.7. The maximum absolute atomic E-state index is 13.0. The van der Waals surface area contributed by atoms with E-state index in [0.717, 1.165) is 51.9 Å². The average molecular weight is 286 g/mol. The van der Waals surface area contributed by atoms with Crippen molar-refractivity contribution in [3.8, 4) is 0 Å². The predicted molar refractivity (Wildman–Crippen MR) is 85.2 cm³/mol. The molecule has 0 radical (unpaired) electrons. The number of amides is 1. The van der Waals surface area contributed by atoms with E-state index >= 15 is 0 Å². The molecule has 114 valence electrons. The highest BCUT2D eigenvalue weighted by Gasteiger charge is 2.42. The highest BCUT2D eigenvalue weighted by molar-refractivity contribution is 5.83. The Labute approximate surface area is 127 Å². The Hall–Kier alpha value is -1.35. The van der Waals surface area contributed by atoms with Crippen LogP contribution in [0.5, 0.6) is 0 Å². The number of hydrogen-bond acceptors (Lipinski definition) is 2. The van der Waals surface area contributed by atoms with Crippen LogP contribution in [0.3, 0.4) is 0 Å². The van der Waals surface area contributed by atoms with Crippen LogP contribution in [0, 0.1) is 5.41 Å². The number of nitrogens with one attached hydrogen (secondary N) is 1. The van der Waals surface area contributed by atoms with E-state index in [4.69, 9.17) is 0 Å². The summed E-state index contributed by atoms with van der Waals surface area (Å²) < 4.78 is 0. The summed E-state index contributed by atoms with van der Waals surface area (Å²) in [7, 11) is 0. The summed E-state index contributed by atoms with van der Waals surface area (Å²) in [5.41, 5.74) is 1.28. The molecule has 0 spiro atoms. The Morgan fingerprint density at radius 3 is 2.67 bits per heavy atom. The fourth-order valence-electron chi connectivity index (χ4n) is 3.90. The van der Waals surface area contributed by atoms with Crippen LogP contribution in [-0.4, -0.2) is 37.0 Å². The van der Waals surface area contributed by atoms with Crippen LogP contribution in [-0.2, 0) is 4.79 Å². The quantitative estimate of drug-likeness (QED) is 0.926. The lowest BCUT2D eigenvalue weighted by Gasteiger charge is -2.38. The molecule has 0 aromatic heterocycles. The van der Waals surface area contributed by atoms with Crippen molar-refractivity contribution in [3.05, 3.63) is 35.9 Å². The van der Waals surface area contributed by atoms with Gasteiger partial charge in [-0.1, -0.05) is 37.3 Å². The standard InChI is InChI=1S/C18H26N2O/c1-2-18(9-11-19-12-10-18)17(21)20-13-8-16(14-20)15-6-4-3-5-7-15/h3-7,16,19H,2,8-14H2,1H3. The van der Waals surface area contributed by atoms with E-state index in [1.807, 2.05) is 0 Å². The van der Waals surface area contributed by atoms with Crippen LogP contribution in [0.25, 0.3) is 0 Å². The second-order valence-corrected chi connectivity index (χ2v) is 6.53. The van der Waals surface area contributed by atoms with Gasteiger partial charge in [-0.05, 0) is 44.3 Å². The summed E-state index contributed by atoms with van der Waals surface area (Å²) in [5.74, 6) is 0.927. The molecule has 21 heavy (non-hydrogen) atoms. The first kappa shape index (κ1) is 14.6. The van der Waals surface area contributed by atoms with E-state index in [1.165, 1.54) is 5.56 Å². The van der Waals surface area contributed by atoms with Crippen molar-refractivity contribution in [1.29, 1.82) is 0 Å². The van der Waals surface area contributed by atoms with E-state index in [0.29, 0.717) is 11.8 Å². The Balaban J connectivity index is 1.69. The van der Waals surface area contributed by atoms with E-state index in [1.54, 1.807) is 0 Å². The number of carbonyl (C=O) groups excluding carboxylic acids is 1. The summed E-state index contributed by atoms with van der Waals surface area (Å²) in [5, 5.41) is 3.38. The van der Waals surface area contributed by atoms with Crippen molar-refractivity contribution in [2.75, 3.05) is 26.2 Å². The molecule has 2 aliphatic rings. The van der Waals surface area contributed by atoms with E-state index < -0.39 is 0 Å². The maximum Gasteiger partial charge on any atom is 0.228 e. The molecule has 1 N–H and O–H groups in total. The van der Waals surface area contributed by atoms with E-state index in [9.17, 15) is 4.79 Å². The summed E-state index contributed by atoms with van der Waals surface area (Å²) in [6.45, 7) is 5.96. The average Bonchev–Trinajstić information content (AvgIpc) is 3.05. The minimum Gasteiger partial charge on any atom is -0.342 e. The first-order valence-electron chi connectivity index (χ1n) is 8.30. The number of likely N-dealkylation sites (tertiary alicyclic amines) is 1. The third kappa shape index (κ3) is 2.84. The van der Waals surface area contributed by atoms with Gasteiger partial charge < -0.3 is 10.2 Å². The number of nitrogens with zero attached hydrogens (tertiary/aromatic N) is 1. The second kappa shape index (κ2) is 6.18. The molecule has 2 heterocycles. The number of hydrogen-bond donors (Lipinski definition) is 1. The lowest BCUT2D eigenvalue weighted by molar-refractivity contribution is -0.143. The van der Waals surface area contributed by atoms with Gasteiger partial charge in [0.2, 0.25) is 5.91 Å². The largest absolute Gasteiger partial charge is 0.342 e. The van der Waals surface area contributed by atoms with Crippen molar-refractivity contribution in [2.45, 2.75) is 38.5 Å². The molecule has 2 aliphatic heterocycles. The highest BCUT2D eigenvalue weighted by atomic mass is 16.2. The molecule has 0 bridgehead atoms. The molecule has 1 amide bonds. The van der Waals surface area contributed by atoms with Gasteiger partial charge in [0.15, 0.2) is 0 Å². The number of rotatable bonds is 3. The molecule has 0 saturated carbocycles. The van der Waals surface area contributed by atoms with Gasteiger partial charge in [0, 0.05) is 19.0 Å². The molecule has 2 fully saturated rings. The molecular weight excluding hydrogens is 260 g/mol. The zero-order valence-electron chi connectivity index (χ0n) is 13.0. The molecule has 3 heteroatoms. The van der Waals surface area contributed by atoms with Gasteiger partial charge in [-0.25, -0.2) is 0 Å². The van der Waals surface area contributed by atoms with Gasteiger partial charge in [-0.15, -0.1) is 0 Å². The Bertz CT molecular complexity index is 479. The summed E-state index contributed by atoms with van der Waals surface area (Å²) >= 11 is 0. The third-order valence-electron chi connectivity index (χ3n) is 5.44. The van der Waals surface area contributed by atoms with E-state index in [-0.39, 0.29) is 5.41 Å². The topological polar surface area (TPSA) is 32.3 Å². The Morgan fingerprint density at radius 2 is 2.00 bits per heavy atom. The summed E-state index contributed by atoms with van der Waals surface area (Å²) in [6.07, 6.45) is 4.07. The molecule has 1 aromatic carbocycles. The van der Waals surface area contributed by atoms with Gasteiger partial charge in [-0.3, -0.25) is 4.79 Å². The highest BCUT2D eigenvalue weighted by Crippen LogP contribution is 2.37. The van der Waals surface area contributed by atoms with Gasteiger partial charge >= 0.3 is 0 Å². The minimum atomic E-state index is -0.100. The molecule has 1 atom stereocenters. The fraction of sp³-hybridized carbons (Fsp3) is 0.611. The Kier molecular flexibility index (Phi) is 4.29.